The Labute approximate surface area is 111 Å². The second kappa shape index (κ2) is 5.88. The maximum atomic E-state index is 11.4. The van der Waals surface area contributed by atoms with Crippen molar-refractivity contribution in [1.82, 2.24) is 5.32 Å². The summed E-state index contributed by atoms with van der Waals surface area (Å²) in [5.74, 6) is -1.10. The quantitative estimate of drug-likeness (QED) is 0.801. The van der Waals surface area contributed by atoms with Crippen LogP contribution >= 0.6 is 27.5 Å². The monoisotopic (exact) mass is 320 g/mol. The van der Waals surface area contributed by atoms with Gasteiger partial charge in [-0.3, -0.25) is 4.79 Å². The first-order chi connectivity index (χ1) is 7.90. The number of halogens is 2. The van der Waals surface area contributed by atoms with E-state index in [4.69, 9.17) is 16.7 Å². The van der Waals surface area contributed by atoms with Crippen LogP contribution in [0, 0.1) is 0 Å². The molecule has 1 rings (SSSR count). The zero-order valence-electron chi connectivity index (χ0n) is 8.83. The van der Waals surface area contributed by atoms with Crippen molar-refractivity contribution in [2.75, 3.05) is 5.32 Å². The first-order valence-corrected chi connectivity index (χ1v) is 5.82. The highest BCUT2D eigenvalue weighted by Gasteiger charge is 2.13. The minimum atomic E-state index is -1.10. The maximum Gasteiger partial charge on any atom is 0.325 e. The highest BCUT2D eigenvalue weighted by atomic mass is 79.9. The standard InChI is InChI=1S/C10H10BrClN2O3/c1-5(9(15)16)13-10(17)14-6-2-3-7(11)8(12)4-6/h2-5H,1H3,(H,15,16)(H2,13,14,17). The van der Waals surface area contributed by atoms with E-state index in [0.717, 1.165) is 0 Å². The zero-order valence-corrected chi connectivity index (χ0v) is 11.2. The number of aliphatic carboxylic acids is 1. The topological polar surface area (TPSA) is 78.4 Å². The van der Waals surface area contributed by atoms with Gasteiger partial charge in [-0.25, -0.2) is 4.79 Å². The molecule has 2 amide bonds. The summed E-state index contributed by atoms with van der Waals surface area (Å²) < 4.78 is 0.712. The Morgan fingerprint density at radius 1 is 1.47 bits per heavy atom. The van der Waals surface area contributed by atoms with Crippen molar-refractivity contribution in [1.29, 1.82) is 0 Å². The number of hydrogen-bond donors (Lipinski definition) is 3. The van der Waals surface area contributed by atoms with Gasteiger partial charge in [-0.2, -0.15) is 0 Å². The SMILES string of the molecule is CC(NC(=O)Nc1ccc(Br)c(Cl)c1)C(=O)O. The average molecular weight is 322 g/mol. The Bertz CT molecular complexity index is 453. The first-order valence-electron chi connectivity index (χ1n) is 4.65. The lowest BCUT2D eigenvalue weighted by Gasteiger charge is -2.11. The molecule has 1 aromatic rings. The smallest absolute Gasteiger partial charge is 0.325 e. The number of anilines is 1. The number of hydrogen-bond acceptors (Lipinski definition) is 2. The number of carboxylic acid groups (broad SMARTS) is 1. The van der Waals surface area contributed by atoms with Crippen LogP contribution in [0.5, 0.6) is 0 Å². The van der Waals surface area contributed by atoms with Crippen molar-refractivity contribution < 1.29 is 14.7 Å². The molecular weight excluding hydrogens is 311 g/mol. The van der Waals surface area contributed by atoms with Gasteiger partial charge in [0, 0.05) is 10.2 Å². The largest absolute Gasteiger partial charge is 0.480 e. The molecule has 1 unspecified atom stereocenters. The van der Waals surface area contributed by atoms with Gasteiger partial charge in [0.1, 0.15) is 6.04 Å². The van der Waals surface area contributed by atoms with Gasteiger partial charge < -0.3 is 15.7 Å². The van der Waals surface area contributed by atoms with Crippen molar-refractivity contribution in [3.05, 3.63) is 27.7 Å². The van der Waals surface area contributed by atoms with Crippen molar-refractivity contribution >= 4 is 45.2 Å². The first kappa shape index (κ1) is 13.8. The number of carbonyl (C=O) groups excluding carboxylic acids is 1. The molecule has 0 bridgehead atoms. The van der Waals surface area contributed by atoms with Gasteiger partial charge in [0.15, 0.2) is 0 Å². The molecule has 0 aliphatic carbocycles. The van der Waals surface area contributed by atoms with E-state index in [-0.39, 0.29) is 0 Å². The Hall–Kier alpha value is -1.27. The Morgan fingerprint density at radius 3 is 2.65 bits per heavy atom. The molecule has 17 heavy (non-hydrogen) atoms. The summed E-state index contributed by atoms with van der Waals surface area (Å²) >= 11 is 9.06. The maximum absolute atomic E-state index is 11.4. The van der Waals surface area contributed by atoms with Gasteiger partial charge in [-0.1, -0.05) is 11.6 Å². The van der Waals surface area contributed by atoms with Crippen LogP contribution in [0.4, 0.5) is 10.5 Å². The summed E-state index contributed by atoms with van der Waals surface area (Å²) in [5.41, 5.74) is 0.480. The number of amides is 2. The number of benzene rings is 1. The summed E-state index contributed by atoms with van der Waals surface area (Å²) in [5, 5.41) is 13.8. The predicted molar refractivity (Wildman–Crippen MR) is 68.4 cm³/mol. The Morgan fingerprint density at radius 2 is 2.12 bits per heavy atom. The van der Waals surface area contributed by atoms with Crippen molar-refractivity contribution in [3.8, 4) is 0 Å². The third-order valence-electron chi connectivity index (χ3n) is 1.90. The van der Waals surface area contributed by atoms with Gasteiger partial charge in [-0.05, 0) is 41.1 Å². The van der Waals surface area contributed by atoms with Crippen LogP contribution in [0.2, 0.25) is 5.02 Å². The third kappa shape index (κ3) is 4.24. The number of nitrogens with one attached hydrogen (secondary N) is 2. The van der Waals surface area contributed by atoms with Crippen molar-refractivity contribution in [3.63, 3.8) is 0 Å². The molecule has 0 spiro atoms. The molecule has 0 radical (unpaired) electrons. The fraction of sp³-hybridized carbons (Fsp3) is 0.200. The summed E-state index contributed by atoms with van der Waals surface area (Å²) in [7, 11) is 0. The number of carboxylic acids is 1. The van der Waals surface area contributed by atoms with Gasteiger partial charge in [0.25, 0.3) is 0 Å². The zero-order chi connectivity index (χ0) is 13.0. The lowest BCUT2D eigenvalue weighted by molar-refractivity contribution is -0.138. The number of rotatable bonds is 3. The van der Waals surface area contributed by atoms with Crippen molar-refractivity contribution in [2.45, 2.75) is 13.0 Å². The molecule has 92 valence electrons. The lowest BCUT2D eigenvalue weighted by Crippen LogP contribution is -2.40. The van der Waals surface area contributed by atoms with Crippen LogP contribution in [0.3, 0.4) is 0 Å². The van der Waals surface area contributed by atoms with Crippen LogP contribution in [-0.2, 0) is 4.79 Å². The molecule has 0 fully saturated rings. The second-order valence-corrected chi connectivity index (χ2v) is 4.55. The summed E-state index contributed by atoms with van der Waals surface area (Å²) in [6, 6.07) is 3.31. The third-order valence-corrected chi connectivity index (χ3v) is 3.13. The van der Waals surface area contributed by atoms with Crippen molar-refractivity contribution in [2.24, 2.45) is 0 Å². The number of carbonyl (C=O) groups is 2. The molecule has 1 aromatic carbocycles. The molecule has 7 heteroatoms. The van der Waals surface area contributed by atoms with Gasteiger partial charge in [0.05, 0.1) is 5.02 Å². The van der Waals surface area contributed by atoms with Gasteiger partial charge in [0.2, 0.25) is 0 Å². The molecule has 5 nitrogen and oxygen atoms in total. The van der Waals surface area contributed by atoms with Crippen LogP contribution in [0.25, 0.3) is 0 Å². The molecule has 0 aliphatic rings. The van der Waals surface area contributed by atoms with E-state index in [0.29, 0.717) is 15.2 Å². The minimum Gasteiger partial charge on any atom is -0.480 e. The molecule has 0 heterocycles. The fourth-order valence-corrected chi connectivity index (χ4v) is 1.43. The summed E-state index contributed by atoms with van der Waals surface area (Å²) in [4.78, 5) is 21.9. The van der Waals surface area contributed by atoms with E-state index >= 15 is 0 Å². The van der Waals surface area contributed by atoms with E-state index in [2.05, 4.69) is 26.6 Å². The normalized spacial score (nSPS) is 11.7. The predicted octanol–water partition coefficient (Wildman–Crippen LogP) is 2.70. The molecule has 3 N–H and O–H groups in total. The van der Waals surface area contributed by atoms with Crippen LogP contribution in [0.1, 0.15) is 6.92 Å². The van der Waals surface area contributed by atoms with E-state index in [1.165, 1.54) is 6.92 Å². The molecule has 0 saturated carbocycles. The van der Waals surface area contributed by atoms with Gasteiger partial charge >= 0.3 is 12.0 Å². The molecular formula is C10H10BrClN2O3. The minimum absolute atomic E-state index is 0.453. The molecule has 0 aromatic heterocycles. The second-order valence-electron chi connectivity index (χ2n) is 3.29. The highest BCUT2D eigenvalue weighted by molar-refractivity contribution is 9.10. The van der Waals surface area contributed by atoms with Crippen LogP contribution < -0.4 is 10.6 Å². The summed E-state index contributed by atoms with van der Waals surface area (Å²) in [6.45, 7) is 1.37. The van der Waals surface area contributed by atoms with E-state index in [1.54, 1.807) is 18.2 Å². The van der Waals surface area contributed by atoms with Crippen LogP contribution in [-0.4, -0.2) is 23.1 Å². The Kier molecular flexibility index (Phi) is 4.77. The lowest BCUT2D eigenvalue weighted by atomic mass is 10.3. The fourth-order valence-electron chi connectivity index (χ4n) is 0.999. The average Bonchev–Trinajstić information content (AvgIpc) is 2.23. The highest BCUT2D eigenvalue weighted by Crippen LogP contribution is 2.25. The Balaban J connectivity index is 2.62. The van der Waals surface area contributed by atoms with E-state index < -0.39 is 18.0 Å². The summed E-state index contributed by atoms with van der Waals surface area (Å²) in [6.07, 6.45) is 0. The molecule has 1 atom stereocenters. The number of urea groups is 1. The van der Waals surface area contributed by atoms with Crippen LogP contribution in [0.15, 0.2) is 22.7 Å². The van der Waals surface area contributed by atoms with Gasteiger partial charge in [-0.15, -0.1) is 0 Å². The van der Waals surface area contributed by atoms with E-state index in [1.807, 2.05) is 0 Å². The molecule has 0 aliphatic heterocycles. The van der Waals surface area contributed by atoms with E-state index in [9.17, 15) is 9.59 Å². The molecule has 0 saturated heterocycles.